The van der Waals surface area contributed by atoms with Crippen LogP contribution in [0.4, 0.5) is 0 Å². The second kappa shape index (κ2) is 7.99. The molecule has 4 heteroatoms. The van der Waals surface area contributed by atoms with E-state index in [4.69, 9.17) is 4.43 Å². The van der Waals surface area contributed by atoms with Crippen LogP contribution in [-0.2, 0) is 9.22 Å². The fourth-order valence-corrected chi connectivity index (χ4v) is 8.85. The van der Waals surface area contributed by atoms with E-state index >= 15 is 0 Å². The SMILES string of the molecule is C[C@H](O[Si](c1ccccc1)(c1ccccc1)C(C)(C)C)C(=O)N1CCCC1. The van der Waals surface area contributed by atoms with Gasteiger partial charge in [-0.25, -0.2) is 0 Å². The van der Waals surface area contributed by atoms with E-state index in [1.54, 1.807) is 0 Å². The first kappa shape index (κ1) is 19.8. The van der Waals surface area contributed by atoms with Crippen molar-refractivity contribution in [3.8, 4) is 0 Å². The van der Waals surface area contributed by atoms with E-state index in [0.29, 0.717) is 0 Å². The molecule has 0 aliphatic carbocycles. The van der Waals surface area contributed by atoms with Gasteiger partial charge in [0, 0.05) is 13.1 Å². The van der Waals surface area contributed by atoms with Crippen molar-refractivity contribution in [1.29, 1.82) is 0 Å². The van der Waals surface area contributed by atoms with Crippen LogP contribution >= 0.6 is 0 Å². The Morgan fingerprint density at radius 3 is 1.78 bits per heavy atom. The Balaban J connectivity index is 2.07. The molecule has 0 bridgehead atoms. The number of carbonyl (C=O) groups is 1. The molecule has 1 heterocycles. The molecule has 0 spiro atoms. The third-order valence-corrected chi connectivity index (χ3v) is 10.6. The highest BCUT2D eigenvalue weighted by Crippen LogP contribution is 2.37. The molecule has 3 rings (SSSR count). The maximum atomic E-state index is 13.0. The molecule has 1 aliphatic heterocycles. The van der Waals surface area contributed by atoms with Gasteiger partial charge in [-0.15, -0.1) is 0 Å². The molecule has 0 radical (unpaired) electrons. The Kier molecular flexibility index (Phi) is 5.87. The largest absolute Gasteiger partial charge is 0.396 e. The van der Waals surface area contributed by atoms with E-state index in [1.807, 2.05) is 24.0 Å². The quantitative estimate of drug-likeness (QED) is 0.741. The van der Waals surface area contributed by atoms with Crippen molar-refractivity contribution in [1.82, 2.24) is 4.90 Å². The van der Waals surface area contributed by atoms with Crippen LogP contribution in [0.25, 0.3) is 0 Å². The number of rotatable bonds is 5. The Morgan fingerprint density at radius 1 is 0.926 bits per heavy atom. The maximum Gasteiger partial charge on any atom is 0.262 e. The van der Waals surface area contributed by atoms with E-state index in [1.165, 1.54) is 10.4 Å². The molecule has 1 atom stereocenters. The number of hydrogen-bond acceptors (Lipinski definition) is 2. The average molecular weight is 382 g/mol. The molecule has 0 aromatic heterocycles. The first-order valence-corrected chi connectivity index (χ1v) is 11.8. The predicted molar refractivity (Wildman–Crippen MR) is 114 cm³/mol. The zero-order valence-corrected chi connectivity index (χ0v) is 17.9. The summed E-state index contributed by atoms with van der Waals surface area (Å²) in [5, 5.41) is 2.31. The van der Waals surface area contributed by atoms with E-state index in [0.717, 1.165) is 25.9 Å². The van der Waals surface area contributed by atoms with Gasteiger partial charge in [-0.05, 0) is 35.2 Å². The van der Waals surface area contributed by atoms with Crippen LogP contribution in [0.15, 0.2) is 60.7 Å². The van der Waals surface area contributed by atoms with Crippen LogP contribution in [0.2, 0.25) is 5.04 Å². The van der Waals surface area contributed by atoms with Crippen LogP contribution < -0.4 is 10.4 Å². The Morgan fingerprint density at radius 2 is 1.37 bits per heavy atom. The summed E-state index contributed by atoms with van der Waals surface area (Å²) in [6, 6.07) is 21.0. The van der Waals surface area contributed by atoms with Gasteiger partial charge < -0.3 is 9.33 Å². The zero-order chi connectivity index (χ0) is 19.5. The lowest BCUT2D eigenvalue weighted by molar-refractivity contribution is -0.137. The van der Waals surface area contributed by atoms with Gasteiger partial charge in [0.25, 0.3) is 8.32 Å². The molecule has 0 saturated carbocycles. The number of benzene rings is 2. The third-order valence-electron chi connectivity index (χ3n) is 5.54. The van der Waals surface area contributed by atoms with E-state index in [9.17, 15) is 4.79 Å². The molecule has 27 heavy (non-hydrogen) atoms. The van der Waals surface area contributed by atoms with Crippen LogP contribution in [0.1, 0.15) is 40.5 Å². The summed E-state index contributed by atoms with van der Waals surface area (Å²) >= 11 is 0. The molecule has 2 aromatic rings. The summed E-state index contributed by atoms with van der Waals surface area (Å²) in [5.74, 6) is 0.125. The lowest BCUT2D eigenvalue weighted by Crippen LogP contribution is -2.68. The second-order valence-corrected chi connectivity index (χ2v) is 12.7. The van der Waals surface area contributed by atoms with Crippen LogP contribution in [0.3, 0.4) is 0 Å². The minimum Gasteiger partial charge on any atom is -0.396 e. The topological polar surface area (TPSA) is 29.5 Å². The van der Waals surface area contributed by atoms with Crippen molar-refractivity contribution in [2.75, 3.05) is 13.1 Å². The Bertz CT molecular complexity index is 709. The fourth-order valence-electron chi connectivity index (χ4n) is 4.20. The van der Waals surface area contributed by atoms with Crippen LogP contribution in [-0.4, -0.2) is 38.3 Å². The van der Waals surface area contributed by atoms with Crippen molar-refractivity contribution in [3.63, 3.8) is 0 Å². The lowest BCUT2D eigenvalue weighted by Gasteiger charge is -2.44. The fraction of sp³-hybridized carbons (Fsp3) is 0.435. The van der Waals surface area contributed by atoms with E-state index < -0.39 is 14.4 Å². The Labute approximate surface area is 164 Å². The average Bonchev–Trinajstić information content (AvgIpc) is 3.20. The van der Waals surface area contributed by atoms with Crippen molar-refractivity contribution in [3.05, 3.63) is 60.7 Å². The van der Waals surface area contributed by atoms with Crippen LogP contribution in [0.5, 0.6) is 0 Å². The third kappa shape index (κ3) is 3.87. The van der Waals surface area contributed by atoms with Gasteiger partial charge in [0.05, 0.1) is 0 Å². The molecule has 2 aromatic carbocycles. The van der Waals surface area contributed by atoms with Gasteiger partial charge in [0.1, 0.15) is 6.10 Å². The molecule has 1 fully saturated rings. The molecular formula is C23H31NO2Si. The number of amides is 1. The molecule has 1 saturated heterocycles. The van der Waals surface area contributed by atoms with Gasteiger partial charge in [-0.1, -0.05) is 81.4 Å². The highest BCUT2D eigenvalue weighted by atomic mass is 28.4. The summed E-state index contributed by atoms with van der Waals surface area (Å²) in [4.78, 5) is 15.0. The molecule has 0 unspecified atom stereocenters. The van der Waals surface area contributed by atoms with E-state index in [-0.39, 0.29) is 10.9 Å². The Hall–Kier alpha value is -1.91. The lowest BCUT2D eigenvalue weighted by atomic mass is 10.2. The van der Waals surface area contributed by atoms with Gasteiger partial charge in [0.2, 0.25) is 5.91 Å². The first-order valence-electron chi connectivity index (χ1n) is 9.94. The van der Waals surface area contributed by atoms with Gasteiger partial charge in [-0.3, -0.25) is 4.79 Å². The van der Waals surface area contributed by atoms with Crippen molar-refractivity contribution < 1.29 is 9.22 Å². The number of nitrogens with zero attached hydrogens (tertiary/aromatic N) is 1. The maximum absolute atomic E-state index is 13.0. The second-order valence-electron chi connectivity index (χ2n) is 8.46. The highest BCUT2D eigenvalue weighted by Gasteiger charge is 2.51. The molecule has 144 valence electrons. The van der Waals surface area contributed by atoms with Gasteiger partial charge in [-0.2, -0.15) is 0 Å². The number of hydrogen-bond donors (Lipinski definition) is 0. The summed E-state index contributed by atoms with van der Waals surface area (Å²) in [6.45, 7) is 10.4. The molecular weight excluding hydrogens is 350 g/mol. The van der Waals surface area contributed by atoms with E-state index in [2.05, 4.69) is 69.3 Å². The normalized spacial score (nSPS) is 16.4. The predicted octanol–water partition coefficient (Wildman–Crippen LogP) is 3.57. The molecule has 0 N–H and O–H groups in total. The minimum absolute atomic E-state index is 0.116. The van der Waals surface area contributed by atoms with Crippen molar-refractivity contribution in [2.24, 2.45) is 0 Å². The summed E-state index contributed by atoms with van der Waals surface area (Å²) < 4.78 is 6.90. The monoisotopic (exact) mass is 381 g/mol. The first-order chi connectivity index (χ1) is 12.9. The highest BCUT2D eigenvalue weighted by molar-refractivity contribution is 6.99. The van der Waals surface area contributed by atoms with Crippen molar-refractivity contribution in [2.45, 2.75) is 51.7 Å². The number of likely N-dealkylation sites (tertiary alicyclic amines) is 1. The number of carbonyl (C=O) groups excluding carboxylic acids is 1. The standard InChI is InChI=1S/C23H31NO2Si/c1-19(22(25)24-17-11-12-18-24)26-27(23(2,3)4,20-13-7-5-8-14-20)21-15-9-6-10-16-21/h5-10,13-16,19H,11-12,17-18H2,1-4H3/t19-/m0/s1. The molecule has 3 nitrogen and oxygen atoms in total. The van der Waals surface area contributed by atoms with Gasteiger partial charge in [0.15, 0.2) is 0 Å². The smallest absolute Gasteiger partial charge is 0.262 e. The zero-order valence-electron chi connectivity index (χ0n) is 16.9. The summed E-state index contributed by atoms with van der Waals surface area (Å²) in [6.07, 6.45) is 1.74. The molecule has 1 amide bonds. The molecule has 1 aliphatic rings. The van der Waals surface area contributed by atoms with Gasteiger partial charge >= 0.3 is 0 Å². The van der Waals surface area contributed by atoms with Crippen molar-refractivity contribution >= 4 is 24.6 Å². The summed E-state index contributed by atoms with van der Waals surface area (Å²) in [7, 11) is -2.67. The van der Waals surface area contributed by atoms with Crippen LogP contribution in [0, 0.1) is 0 Å². The summed E-state index contributed by atoms with van der Waals surface area (Å²) in [5.41, 5.74) is 0. The minimum atomic E-state index is -2.67.